The second-order valence-electron chi connectivity index (χ2n) is 6.42. The Labute approximate surface area is 132 Å². The number of hydrogen-bond donors (Lipinski definition) is 1. The molecule has 118 valence electrons. The number of likely N-dealkylation sites (N-methyl/N-ethyl adjacent to an activating group) is 2. The summed E-state index contributed by atoms with van der Waals surface area (Å²) in [5, 5.41) is 0.690. The van der Waals surface area contributed by atoms with E-state index in [4.69, 9.17) is 17.3 Å². The lowest BCUT2D eigenvalue weighted by Crippen LogP contribution is -2.42. The minimum Gasteiger partial charge on any atom is -0.340 e. The third-order valence-corrected chi connectivity index (χ3v) is 3.63. The molecule has 4 nitrogen and oxygen atoms in total. The number of nitrogens with zero attached hydrogens (tertiary/aromatic N) is 2. The largest absolute Gasteiger partial charge is 0.340 e. The first-order valence-electron chi connectivity index (χ1n) is 7.10. The van der Waals surface area contributed by atoms with Crippen molar-refractivity contribution in [3.05, 3.63) is 34.9 Å². The molecular weight excluding hydrogens is 286 g/mol. The van der Waals surface area contributed by atoms with Crippen molar-refractivity contribution in [3.63, 3.8) is 0 Å². The molecule has 21 heavy (non-hydrogen) atoms. The average Bonchev–Trinajstić information content (AvgIpc) is 2.37. The molecule has 0 heterocycles. The second-order valence-corrected chi connectivity index (χ2v) is 6.86. The van der Waals surface area contributed by atoms with Gasteiger partial charge in [0, 0.05) is 25.2 Å². The second kappa shape index (κ2) is 7.78. The highest BCUT2D eigenvalue weighted by Gasteiger charge is 2.20. The molecule has 0 saturated heterocycles. The first-order chi connectivity index (χ1) is 9.73. The van der Waals surface area contributed by atoms with E-state index in [2.05, 4.69) is 13.8 Å². The molecule has 0 fully saturated rings. The van der Waals surface area contributed by atoms with Gasteiger partial charge >= 0.3 is 0 Å². The number of hydrogen-bond acceptors (Lipinski definition) is 3. The molecule has 0 radical (unpaired) electrons. The lowest BCUT2D eigenvalue weighted by atomic mass is 9.93. The topological polar surface area (TPSA) is 49.6 Å². The van der Waals surface area contributed by atoms with Crippen LogP contribution < -0.4 is 5.73 Å². The minimum absolute atomic E-state index is 0.0144. The normalized spacial score (nSPS) is 11.8. The van der Waals surface area contributed by atoms with E-state index < -0.39 is 0 Å². The van der Waals surface area contributed by atoms with Crippen molar-refractivity contribution >= 4 is 17.5 Å². The van der Waals surface area contributed by atoms with Crippen LogP contribution in [0.2, 0.25) is 5.02 Å². The van der Waals surface area contributed by atoms with Gasteiger partial charge in [0.15, 0.2) is 0 Å². The standard InChI is InChI=1S/C16H26ClN3O/c1-16(2,11-18)12-19(3)10-15(21)20(4)9-13-6-5-7-14(17)8-13/h5-8H,9-12,18H2,1-4H3. The molecule has 1 aromatic rings. The Morgan fingerprint density at radius 2 is 2.00 bits per heavy atom. The van der Waals surface area contributed by atoms with Crippen LogP contribution in [0.15, 0.2) is 24.3 Å². The number of carbonyl (C=O) groups excluding carboxylic acids is 1. The Morgan fingerprint density at radius 3 is 2.57 bits per heavy atom. The predicted molar refractivity (Wildman–Crippen MR) is 88.3 cm³/mol. The van der Waals surface area contributed by atoms with E-state index >= 15 is 0 Å². The zero-order valence-corrected chi connectivity index (χ0v) is 14.2. The van der Waals surface area contributed by atoms with Crippen molar-refractivity contribution in [2.24, 2.45) is 11.1 Å². The first kappa shape index (κ1) is 18.0. The molecule has 2 N–H and O–H groups in total. The van der Waals surface area contributed by atoms with Gasteiger partial charge in [0.25, 0.3) is 0 Å². The third-order valence-electron chi connectivity index (χ3n) is 3.39. The summed E-state index contributed by atoms with van der Waals surface area (Å²) in [7, 11) is 3.76. The predicted octanol–water partition coefficient (Wildman–Crippen LogP) is 2.22. The average molecular weight is 312 g/mol. The smallest absolute Gasteiger partial charge is 0.236 e. The van der Waals surface area contributed by atoms with Gasteiger partial charge < -0.3 is 10.6 Å². The molecule has 0 aliphatic heterocycles. The lowest BCUT2D eigenvalue weighted by molar-refractivity contribution is -0.131. The Kier molecular flexibility index (Phi) is 6.65. The van der Waals surface area contributed by atoms with Crippen LogP contribution in [0.3, 0.4) is 0 Å². The van der Waals surface area contributed by atoms with Crippen LogP contribution in [0.1, 0.15) is 19.4 Å². The highest BCUT2D eigenvalue weighted by molar-refractivity contribution is 6.30. The van der Waals surface area contributed by atoms with E-state index in [9.17, 15) is 4.79 Å². The van der Waals surface area contributed by atoms with E-state index in [1.807, 2.05) is 43.3 Å². The fourth-order valence-electron chi connectivity index (χ4n) is 2.20. The molecule has 0 spiro atoms. The van der Waals surface area contributed by atoms with Gasteiger partial charge in [0.2, 0.25) is 5.91 Å². The van der Waals surface area contributed by atoms with E-state index in [1.165, 1.54) is 0 Å². The van der Waals surface area contributed by atoms with E-state index in [1.54, 1.807) is 4.90 Å². The monoisotopic (exact) mass is 311 g/mol. The van der Waals surface area contributed by atoms with Crippen LogP contribution in [0.4, 0.5) is 0 Å². The minimum atomic E-state index is 0.0144. The van der Waals surface area contributed by atoms with Gasteiger partial charge in [-0.15, -0.1) is 0 Å². The van der Waals surface area contributed by atoms with Crippen molar-refractivity contribution in [1.82, 2.24) is 9.80 Å². The van der Waals surface area contributed by atoms with Gasteiger partial charge in [0.1, 0.15) is 0 Å². The summed E-state index contributed by atoms with van der Waals surface area (Å²) in [4.78, 5) is 16.0. The van der Waals surface area contributed by atoms with Crippen LogP contribution in [0, 0.1) is 5.41 Å². The summed E-state index contributed by atoms with van der Waals surface area (Å²) < 4.78 is 0. The maximum atomic E-state index is 12.2. The molecule has 1 amide bonds. The Hall–Kier alpha value is -1.10. The lowest BCUT2D eigenvalue weighted by Gasteiger charge is -2.29. The van der Waals surface area contributed by atoms with Gasteiger partial charge in [-0.3, -0.25) is 9.69 Å². The molecule has 0 aliphatic carbocycles. The number of rotatable bonds is 7. The number of carbonyl (C=O) groups is 1. The van der Waals surface area contributed by atoms with Crippen molar-refractivity contribution in [2.75, 3.05) is 33.7 Å². The van der Waals surface area contributed by atoms with E-state index in [-0.39, 0.29) is 11.3 Å². The van der Waals surface area contributed by atoms with Crippen LogP contribution in [-0.4, -0.2) is 49.4 Å². The molecule has 0 unspecified atom stereocenters. The highest BCUT2D eigenvalue weighted by atomic mass is 35.5. The van der Waals surface area contributed by atoms with Crippen molar-refractivity contribution in [2.45, 2.75) is 20.4 Å². The maximum Gasteiger partial charge on any atom is 0.236 e. The van der Waals surface area contributed by atoms with Gasteiger partial charge in [-0.1, -0.05) is 37.6 Å². The van der Waals surface area contributed by atoms with Crippen LogP contribution >= 0.6 is 11.6 Å². The molecule has 0 saturated carbocycles. The number of amides is 1. The van der Waals surface area contributed by atoms with Crippen molar-refractivity contribution in [3.8, 4) is 0 Å². The van der Waals surface area contributed by atoms with E-state index in [0.717, 1.165) is 12.1 Å². The van der Waals surface area contributed by atoms with Gasteiger partial charge in [-0.05, 0) is 36.7 Å². The zero-order valence-electron chi connectivity index (χ0n) is 13.4. The maximum absolute atomic E-state index is 12.2. The Morgan fingerprint density at radius 1 is 1.33 bits per heavy atom. The van der Waals surface area contributed by atoms with Gasteiger partial charge in [-0.2, -0.15) is 0 Å². The molecule has 1 aromatic carbocycles. The van der Waals surface area contributed by atoms with Gasteiger partial charge in [-0.25, -0.2) is 0 Å². The first-order valence-corrected chi connectivity index (χ1v) is 7.48. The summed E-state index contributed by atoms with van der Waals surface area (Å²) in [5.74, 6) is 0.0882. The quantitative estimate of drug-likeness (QED) is 0.840. The highest BCUT2D eigenvalue weighted by Crippen LogP contribution is 2.14. The number of nitrogens with two attached hydrogens (primary N) is 1. The summed E-state index contributed by atoms with van der Waals surface area (Å²) in [6.45, 7) is 6.55. The molecule has 0 aliphatic rings. The number of benzene rings is 1. The summed E-state index contributed by atoms with van der Waals surface area (Å²) in [6, 6.07) is 7.57. The molecule has 0 aromatic heterocycles. The number of halogens is 1. The summed E-state index contributed by atoms with van der Waals surface area (Å²) >= 11 is 5.96. The van der Waals surface area contributed by atoms with Crippen LogP contribution in [0.5, 0.6) is 0 Å². The fraction of sp³-hybridized carbons (Fsp3) is 0.562. The fourth-order valence-corrected chi connectivity index (χ4v) is 2.41. The summed E-state index contributed by atoms with van der Waals surface area (Å²) in [5.41, 5.74) is 6.77. The van der Waals surface area contributed by atoms with Crippen molar-refractivity contribution < 1.29 is 4.79 Å². The molecular formula is C16H26ClN3O. The Bertz CT molecular complexity index is 476. The molecule has 0 atom stereocenters. The third kappa shape index (κ3) is 6.46. The Balaban J connectivity index is 2.51. The summed E-state index contributed by atoms with van der Waals surface area (Å²) in [6.07, 6.45) is 0. The van der Waals surface area contributed by atoms with E-state index in [0.29, 0.717) is 24.7 Å². The zero-order chi connectivity index (χ0) is 16.0. The van der Waals surface area contributed by atoms with Crippen LogP contribution in [0.25, 0.3) is 0 Å². The van der Waals surface area contributed by atoms with Crippen LogP contribution in [-0.2, 0) is 11.3 Å². The molecule has 5 heteroatoms. The molecule has 1 rings (SSSR count). The van der Waals surface area contributed by atoms with Gasteiger partial charge in [0.05, 0.1) is 6.54 Å². The molecule has 0 bridgehead atoms. The SMILES string of the molecule is CN(CC(=O)N(C)Cc1cccc(Cl)c1)CC(C)(C)CN. The van der Waals surface area contributed by atoms with Crippen molar-refractivity contribution in [1.29, 1.82) is 0 Å².